The minimum atomic E-state index is -3.11. The molecule has 13 heteroatoms. The van der Waals surface area contributed by atoms with Crippen molar-refractivity contribution in [1.29, 1.82) is 0 Å². The molecule has 0 aromatic heterocycles. The van der Waals surface area contributed by atoms with Gasteiger partial charge in [0.1, 0.15) is 0 Å². The Morgan fingerprint density at radius 3 is 0.867 bits per heavy atom. The number of hydrogen-bond donors (Lipinski definition) is 0. The molecular formula is C17H48O7Si6. The molecule has 0 aliphatic heterocycles. The molecule has 7 nitrogen and oxygen atoms in total. The molecule has 0 amide bonds. The molecule has 0 heterocycles. The maximum absolute atomic E-state index is 6.90. The first-order chi connectivity index (χ1) is 13.2. The Kier molecular flexibility index (Phi) is 11.3. The van der Waals surface area contributed by atoms with Gasteiger partial charge in [-0.15, -0.1) is 0 Å². The van der Waals surface area contributed by atoms with Gasteiger partial charge in [-0.3, -0.25) is 0 Å². The number of rotatable bonds is 14. The molecule has 0 aromatic rings. The summed E-state index contributed by atoms with van der Waals surface area (Å²) in [5.74, 6) is 0. The van der Waals surface area contributed by atoms with Gasteiger partial charge < -0.3 is 30.0 Å². The zero-order valence-corrected chi connectivity index (χ0v) is 28.1. The van der Waals surface area contributed by atoms with Gasteiger partial charge >= 0.3 is 25.9 Å². The van der Waals surface area contributed by atoms with Crippen molar-refractivity contribution in [1.82, 2.24) is 0 Å². The van der Waals surface area contributed by atoms with E-state index in [0.717, 1.165) is 0 Å². The second-order valence-electron chi connectivity index (χ2n) is 10.9. The summed E-state index contributed by atoms with van der Waals surface area (Å²) in [6, 6.07) is 0.584. The molecule has 0 aliphatic rings. The smallest absolute Gasteiger partial charge is 0.417 e. The quantitative estimate of drug-likeness (QED) is 0.288. The lowest BCUT2D eigenvalue weighted by Gasteiger charge is -2.47. The zero-order chi connectivity index (χ0) is 24.2. The average molecular weight is 533 g/mol. The van der Waals surface area contributed by atoms with Crippen molar-refractivity contribution in [2.24, 2.45) is 0 Å². The van der Waals surface area contributed by atoms with E-state index in [0.29, 0.717) is 6.04 Å². The predicted molar refractivity (Wildman–Crippen MR) is 139 cm³/mol. The summed E-state index contributed by atoms with van der Waals surface area (Å²) in [7, 11) is -7.62. The molecule has 0 aromatic carbocycles. The first-order valence-electron chi connectivity index (χ1n) is 10.5. The molecule has 0 unspecified atom stereocenters. The van der Waals surface area contributed by atoms with E-state index in [4.69, 9.17) is 30.0 Å². The van der Waals surface area contributed by atoms with Crippen LogP contribution in [0.25, 0.3) is 0 Å². The van der Waals surface area contributed by atoms with Crippen molar-refractivity contribution in [3.8, 4) is 0 Å². The Morgan fingerprint density at radius 2 is 0.700 bits per heavy atom. The third-order valence-corrected chi connectivity index (χ3v) is 26.9. The minimum Gasteiger partial charge on any atom is -0.417 e. The van der Waals surface area contributed by atoms with E-state index in [9.17, 15) is 0 Å². The summed E-state index contributed by atoms with van der Waals surface area (Å²) in [6.45, 7) is 23.9. The third kappa shape index (κ3) is 9.88. The molecule has 0 aliphatic carbocycles. The Hall–Kier alpha value is 1.02. The average Bonchev–Trinajstić information content (AvgIpc) is 2.53. The Bertz CT molecular complexity index is 463. The Balaban J connectivity index is 6.76. The highest BCUT2D eigenvalue weighted by atomic mass is 28.5. The van der Waals surface area contributed by atoms with E-state index < -0.39 is 50.9 Å². The molecular weight excluding hydrogens is 485 g/mol. The molecule has 0 radical (unpaired) electrons. The topological polar surface area (TPSA) is 64.6 Å². The normalized spacial score (nSPS) is 15.2. The van der Waals surface area contributed by atoms with Gasteiger partial charge in [-0.1, -0.05) is 0 Å². The lowest BCUT2D eigenvalue weighted by atomic mass is 10.9. The molecule has 30 heavy (non-hydrogen) atoms. The predicted octanol–water partition coefficient (Wildman–Crippen LogP) is 5.12. The lowest BCUT2D eigenvalue weighted by Crippen LogP contribution is -2.65. The van der Waals surface area contributed by atoms with E-state index in [1.54, 1.807) is 28.4 Å². The van der Waals surface area contributed by atoms with Crippen LogP contribution in [0.4, 0.5) is 0 Å². The van der Waals surface area contributed by atoms with E-state index in [1.807, 2.05) is 0 Å². The Labute approximate surface area is 192 Å². The van der Waals surface area contributed by atoms with Crippen molar-refractivity contribution < 1.29 is 30.0 Å². The molecule has 0 bridgehead atoms. The summed E-state index contributed by atoms with van der Waals surface area (Å²) in [5, 5.41) is -0.0919. The first kappa shape index (κ1) is 31.0. The van der Waals surface area contributed by atoms with Crippen LogP contribution in [0.5, 0.6) is 0 Å². The molecule has 0 spiro atoms. The standard InChI is InChI=1S/C17H48O7Si6/c1-18-28(14,19-2)17(29(15,20-3)21-4)16-30(22-25(5,6)7,23-26(8,9)10)24-27(11,12)13/h17H,16H2,1-15H3. The highest BCUT2D eigenvalue weighted by Crippen LogP contribution is 2.43. The Morgan fingerprint density at radius 1 is 0.467 bits per heavy atom. The van der Waals surface area contributed by atoms with Crippen LogP contribution in [0.3, 0.4) is 0 Å². The van der Waals surface area contributed by atoms with Crippen molar-refractivity contribution in [3.05, 3.63) is 0 Å². The van der Waals surface area contributed by atoms with Crippen LogP contribution < -0.4 is 0 Å². The van der Waals surface area contributed by atoms with Crippen molar-refractivity contribution in [3.63, 3.8) is 0 Å². The maximum Gasteiger partial charge on any atom is 0.469 e. The summed E-state index contributed by atoms with van der Waals surface area (Å²) >= 11 is 0. The van der Waals surface area contributed by atoms with Crippen LogP contribution in [0.15, 0.2) is 0 Å². The minimum absolute atomic E-state index is 0.0919. The van der Waals surface area contributed by atoms with E-state index >= 15 is 0 Å². The second-order valence-corrected chi connectivity index (χ2v) is 35.5. The van der Waals surface area contributed by atoms with Crippen LogP contribution in [0, 0.1) is 0 Å². The van der Waals surface area contributed by atoms with Gasteiger partial charge in [0.05, 0.1) is 5.16 Å². The first-order valence-corrected chi connectivity index (χ1v) is 27.5. The summed E-state index contributed by atoms with van der Waals surface area (Å²) < 4.78 is 44.8. The van der Waals surface area contributed by atoms with E-state index in [2.05, 4.69) is 72.0 Å². The molecule has 0 saturated carbocycles. The summed E-state index contributed by atoms with van der Waals surface area (Å²) in [6.07, 6.45) is 0. The fraction of sp³-hybridized carbons (Fsp3) is 1.00. The second kappa shape index (κ2) is 11.0. The molecule has 0 fully saturated rings. The highest BCUT2D eigenvalue weighted by molar-refractivity contribution is 6.94. The summed E-state index contributed by atoms with van der Waals surface area (Å²) in [4.78, 5) is 0. The molecule has 0 atom stereocenters. The molecule has 182 valence electrons. The van der Waals surface area contributed by atoms with Crippen LogP contribution in [-0.2, 0) is 30.0 Å². The van der Waals surface area contributed by atoms with Crippen LogP contribution >= 0.6 is 0 Å². The molecule has 0 rings (SSSR count). The van der Waals surface area contributed by atoms with Crippen molar-refractivity contribution in [2.75, 3.05) is 28.4 Å². The van der Waals surface area contributed by atoms with Gasteiger partial charge in [0.25, 0.3) is 0 Å². The maximum atomic E-state index is 6.90. The van der Waals surface area contributed by atoms with Crippen LogP contribution in [0.2, 0.25) is 83.2 Å². The SMILES string of the molecule is CO[Si](C)(OC)C(C[Si](O[Si](C)(C)C)(O[Si](C)(C)C)O[Si](C)(C)C)[Si](C)(OC)OC. The fourth-order valence-electron chi connectivity index (χ4n) is 3.42. The lowest BCUT2D eigenvalue weighted by molar-refractivity contribution is 0.200. The van der Waals surface area contributed by atoms with E-state index in [1.165, 1.54) is 0 Å². The summed E-state index contributed by atoms with van der Waals surface area (Å²) in [5.41, 5.74) is 0. The van der Waals surface area contributed by atoms with Crippen LogP contribution in [-0.4, -0.2) is 79.3 Å². The van der Waals surface area contributed by atoms with Crippen molar-refractivity contribution in [2.45, 2.75) is 83.2 Å². The molecule has 0 saturated heterocycles. The fourth-order valence-corrected chi connectivity index (χ4v) is 28.9. The van der Waals surface area contributed by atoms with Crippen LogP contribution in [0.1, 0.15) is 0 Å². The zero-order valence-electron chi connectivity index (χ0n) is 22.1. The van der Waals surface area contributed by atoms with Gasteiger partial charge in [0.2, 0.25) is 0 Å². The van der Waals surface area contributed by atoms with E-state index in [-0.39, 0.29) is 5.16 Å². The monoisotopic (exact) mass is 532 g/mol. The third-order valence-electron chi connectivity index (χ3n) is 4.73. The van der Waals surface area contributed by atoms with Gasteiger partial charge in [0, 0.05) is 34.5 Å². The largest absolute Gasteiger partial charge is 0.469 e. The number of hydrogen-bond acceptors (Lipinski definition) is 7. The highest BCUT2D eigenvalue weighted by Gasteiger charge is 2.62. The van der Waals surface area contributed by atoms with Gasteiger partial charge in [-0.25, -0.2) is 0 Å². The van der Waals surface area contributed by atoms with Gasteiger partial charge in [-0.05, 0) is 72.0 Å². The van der Waals surface area contributed by atoms with Gasteiger partial charge in [-0.2, -0.15) is 0 Å². The molecule has 0 N–H and O–H groups in total. The van der Waals surface area contributed by atoms with Gasteiger partial charge in [0.15, 0.2) is 25.0 Å². The van der Waals surface area contributed by atoms with Crippen molar-refractivity contribution >= 4 is 50.9 Å².